The molecule has 4 rings (SSSR count). The average Bonchev–Trinajstić information content (AvgIpc) is 2.79. The van der Waals surface area contributed by atoms with Crippen LogP contribution in [-0.4, -0.2) is 39.5 Å². The Kier molecular flexibility index (Phi) is 7.18. The molecular weight excluding hydrogens is 434 g/mol. The molecule has 5 nitrogen and oxygen atoms in total. The largest absolute Gasteiger partial charge is 0.494 e. The van der Waals surface area contributed by atoms with E-state index >= 15 is 0 Å². The third-order valence-electron chi connectivity index (χ3n) is 7.66. The van der Waals surface area contributed by atoms with Crippen molar-refractivity contribution in [1.29, 1.82) is 0 Å². The first-order valence-electron chi connectivity index (χ1n) is 12.3. The van der Waals surface area contributed by atoms with Gasteiger partial charge in [0.25, 0.3) is 10.1 Å². The van der Waals surface area contributed by atoms with Crippen molar-refractivity contribution in [2.24, 2.45) is 5.92 Å². The number of nitrogens with one attached hydrogen (secondary N) is 1. The molecule has 1 aliphatic heterocycles. The van der Waals surface area contributed by atoms with E-state index in [1.54, 1.807) is 0 Å². The Hall–Kier alpha value is -1.89. The third kappa shape index (κ3) is 4.71. The lowest BCUT2D eigenvalue weighted by Gasteiger charge is -2.58. The van der Waals surface area contributed by atoms with Crippen LogP contribution >= 0.6 is 0 Å². The molecular formula is C27H37NO4S. The third-order valence-corrected chi connectivity index (χ3v) is 8.22. The summed E-state index contributed by atoms with van der Waals surface area (Å²) in [7, 11) is -3.63. The molecule has 0 spiro atoms. The van der Waals surface area contributed by atoms with Crippen LogP contribution < -0.4 is 10.1 Å². The van der Waals surface area contributed by atoms with Crippen molar-refractivity contribution in [2.45, 2.75) is 76.5 Å². The van der Waals surface area contributed by atoms with Crippen LogP contribution in [-0.2, 0) is 32.6 Å². The van der Waals surface area contributed by atoms with E-state index in [2.05, 4.69) is 55.6 Å². The molecule has 6 heteroatoms. The normalized spacial score (nSPS) is 29.2. The second kappa shape index (κ2) is 9.77. The number of hydrogen-bond acceptors (Lipinski definition) is 5. The predicted molar refractivity (Wildman–Crippen MR) is 132 cm³/mol. The monoisotopic (exact) mass is 471 g/mol. The standard InChI is InChI=1S/C27H37NO4S/c1-5-24-26(32-33(4,29)30)27(6-2)22-16-14-21(31-7-3)18-20(22)13-15-23(27)25(28-24)17-19-11-9-8-10-12-19/h8-12,14,16,18,23-26,28H,5-7,13,15,17H2,1-4H3. The fourth-order valence-corrected chi connectivity index (χ4v) is 7.10. The quantitative estimate of drug-likeness (QED) is 0.569. The van der Waals surface area contributed by atoms with Crippen LogP contribution in [0.3, 0.4) is 0 Å². The molecule has 2 aromatic carbocycles. The fraction of sp³-hybridized carbons (Fsp3) is 0.556. The molecule has 1 heterocycles. The number of benzene rings is 2. The highest BCUT2D eigenvalue weighted by Gasteiger charge is 2.58. The molecule has 0 bridgehead atoms. The van der Waals surface area contributed by atoms with E-state index in [0.29, 0.717) is 6.61 Å². The Balaban J connectivity index is 1.84. The van der Waals surface area contributed by atoms with Crippen molar-refractivity contribution < 1.29 is 17.3 Å². The zero-order valence-corrected chi connectivity index (χ0v) is 21.0. The van der Waals surface area contributed by atoms with Gasteiger partial charge in [0.15, 0.2) is 0 Å². The van der Waals surface area contributed by atoms with Gasteiger partial charge in [-0.25, -0.2) is 0 Å². The summed E-state index contributed by atoms with van der Waals surface area (Å²) in [5.41, 5.74) is 3.41. The van der Waals surface area contributed by atoms with Crippen LogP contribution in [0.15, 0.2) is 48.5 Å². The van der Waals surface area contributed by atoms with Gasteiger partial charge in [-0.05, 0) is 73.8 Å². The lowest BCUT2D eigenvalue weighted by atomic mass is 9.53. The lowest BCUT2D eigenvalue weighted by Crippen LogP contribution is -2.69. The summed E-state index contributed by atoms with van der Waals surface area (Å²) < 4.78 is 36.6. The van der Waals surface area contributed by atoms with Gasteiger partial charge in [0.2, 0.25) is 0 Å². The number of ether oxygens (including phenoxy) is 1. The van der Waals surface area contributed by atoms with Crippen LogP contribution in [0.5, 0.6) is 5.75 Å². The second-order valence-corrected chi connectivity index (χ2v) is 11.1. The molecule has 0 amide bonds. The first-order chi connectivity index (χ1) is 15.8. The maximum absolute atomic E-state index is 12.4. The topological polar surface area (TPSA) is 64.6 Å². The van der Waals surface area contributed by atoms with Crippen molar-refractivity contribution >= 4 is 10.1 Å². The van der Waals surface area contributed by atoms with Gasteiger partial charge in [-0.2, -0.15) is 8.42 Å². The van der Waals surface area contributed by atoms with E-state index in [4.69, 9.17) is 8.92 Å². The summed E-state index contributed by atoms with van der Waals surface area (Å²) in [6.07, 6.45) is 5.21. The molecule has 180 valence electrons. The molecule has 0 radical (unpaired) electrons. The van der Waals surface area contributed by atoms with Crippen LogP contribution in [0, 0.1) is 5.92 Å². The maximum Gasteiger partial charge on any atom is 0.264 e. The van der Waals surface area contributed by atoms with Crippen LogP contribution in [0.1, 0.15) is 56.7 Å². The molecule has 1 N–H and O–H groups in total. The van der Waals surface area contributed by atoms with Gasteiger partial charge in [-0.3, -0.25) is 4.18 Å². The summed E-state index contributed by atoms with van der Waals surface area (Å²) in [6.45, 7) is 6.92. The van der Waals surface area contributed by atoms with Gasteiger partial charge in [0.1, 0.15) is 11.9 Å². The minimum Gasteiger partial charge on any atom is -0.494 e. The highest BCUT2D eigenvalue weighted by Crippen LogP contribution is 2.53. The smallest absolute Gasteiger partial charge is 0.264 e. The molecule has 1 fully saturated rings. The van der Waals surface area contributed by atoms with Crippen LogP contribution in [0.2, 0.25) is 0 Å². The maximum atomic E-state index is 12.4. The number of fused-ring (bicyclic) bond motifs is 3. The molecule has 0 saturated carbocycles. The van der Waals surface area contributed by atoms with Gasteiger partial charge in [-0.1, -0.05) is 50.2 Å². The Labute approximate surface area is 199 Å². The second-order valence-electron chi connectivity index (χ2n) is 9.49. The van der Waals surface area contributed by atoms with E-state index in [1.165, 1.54) is 22.9 Å². The summed E-state index contributed by atoms with van der Waals surface area (Å²) in [5.74, 6) is 1.14. The van der Waals surface area contributed by atoms with Gasteiger partial charge in [-0.15, -0.1) is 0 Å². The van der Waals surface area contributed by atoms with E-state index in [0.717, 1.165) is 37.9 Å². The zero-order valence-electron chi connectivity index (χ0n) is 20.2. The first kappa shape index (κ1) is 24.2. The summed E-state index contributed by atoms with van der Waals surface area (Å²) in [5, 5.41) is 3.83. The molecule has 0 aromatic heterocycles. The summed E-state index contributed by atoms with van der Waals surface area (Å²) >= 11 is 0. The minimum atomic E-state index is -3.63. The van der Waals surface area contributed by atoms with E-state index in [-0.39, 0.29) is 23.4 Å². The Morgan fingerprint density at radius 1 is 1.06 bits per heavy atom. The van der Waals surface area contributed by atoms with Gasteiger partial charge in [0.05, 0.1) is 12.9 Å². The average molecular weight is 472 g/mol. The zero-order chi connectivity index (χ0) is 23.6. The molecule has 1 aliphatic carbocycles. The van der Waals surface area contributed by atoms with Crippen molar-refractivity contribution in [1.82, 2.24) is 5.32 Å². The van der Waals surface area contributed by atoms with Crippen molar-refractivity contribution in [3.8, 4) is 5.75 Å². The molecule has 2 aromatic rings. The highest BCUT2D eigenvalue weighted by atomic mass is 32.2. The predicted octanol–water partition coefficient (Wildman–Crippen LogP) is 4.63. The van der Waals surface area contributed by atoms with E-state index in [9.17, 15) is 8.42 Å². The van der Waals surface area contributed by atoms with E-state index in [1.807, 2.05) is 19.1 Å². The molecule has 33 heavy (non-hydrogen) atoms. The van der Waals surface area contributed by atoms with Gasteiger partial charge >= 0.3 is 0 Å². The molecule has 2 aliphatic rings. The number of hydrogen-bond donors (Lipinski definition) is 1. The van der Waals surface area contributed by atoms with Crippen LogP contribution in [0.25, 0.3) is 0 Å². The SMILES string of the molecule is CCOc1ccc2c(c1)CCC1C(Cc3ccccc3)NC(CC)C(OS(C)(=O)=O)C21CC. The molecule has 1 saturated heterocycles. The van der Waals surface area contributed by atoms with Gasteiger partial charge < -0.3 is 10.1 Å². The Morgan fingerprint density at radius 2 is 1.82 bits per heavy atom. The van der Waals surface area contributed by atoms with Crippen molar-refractivity contribution in [3.63, 3.8) is 0 Å². The van der Waals surface area contributed by atoms with E-state index < -0.39 is 16.2 Å². The lowest BCUT2D eigenvalue weighted by molar-refractivity contribution is -0.0318. The van der Waals surface area contributed by atoms with Gasteiger partial charge in [0, 0.05) is 17.5 Å². The van der Waals surface area contributed by atoms with Crippen molar-refractivity contribution in [3.05, 3.63) is 65.2 Å². The summed E-state index contributed by atoms with van der Waals surface area (Å²) in [6, 6.07) is 17.1. The number of rotatable bonds is 8. The summed E-state index contributed by atoms with van der Waals surface area (Å²) in [4.78, 5) is 0. The molecule has 5 atom stereocenters. The Bertz CT molecular complexity index is 1060. The van der Waals surface area contributed by atoms with Crippen LogP contribution in [0.4, 0.5) is 0 Å². The van der Waals surface area contributed by atoms with Crippen molar-refractivity contribution in [2.75, 3.05) is 12.9 Å². The first-order valence-corrected chi connectivity index (χ1v) is 14.1. The Morgan fingerprint density at radius 3 is 2.45 bits per heavy atom. The number of aryl methyl sites for hydroxylation is 1. The fourth-order valence-electron chi connectivity index (χ4n) is 6.41. The minimum absolute atomic E-state index is 0.0536. The molecule has 5 unspecified atom stereocenters. The highest BCUT2D eigenvalue weighted by molar-refractivity contribution is 7.86. The number of piperidine rings is 1.